The van der Waals surface area contributed by atoms with Gasteiger partial charge in [-0.05, 0) is 12.1 Å². The van der Waals surface area contributed by atoms with Crippen LogP contribution in [0.5, 0.6) is 0 Å². The van der Waals surface area contributed by atoms with Crippen LogP contribution in [0.15, 0.2) is 62.6 Å². The minimum atomic E-state index is -0.101. The van der Waals surface area contributed by atoms with Gasteiger partial charge in [0.1, 0.15) is 16.1 Å². The molecule has 0 fully saturated rings. The molecule has 1 heterocycles. The molecule has 2 aromatic carbocycles. The van der Waals surface area contributed by atoms with Gasteiger partial charge in [-0.2, -0.15) is 0 Å². The summed E-state index contributed by atoms with van der Waals surface area (Å²) in [7, 11) is 0. The van der Waals surface area contributed by atoms with Crippen molar-refractivity contribution < 1.29 is 4.42 Å². The van der Waals surface area contributed by atoms with Crippen LogP contribution >= 0.6 is 11.8 Å². The van der Waals surface area contributed by atoms with Gasteiger partial charge in [0, 0.05) is 15.5 Å². The second-order valence-electron chi connectivity index (χ2n) is 6.78. The second-order valence-corrected chi connectivity index (χ2v) is 8.61. The highest BCUT2D eigenvalue weighted by Gasteiger charge is 2.26. The first kappa shape index (κ1) is 15.2. The molecule has 1 aliphatic carbocycles. The van der Waals surface area contributed by atoms with Crippen molar-refractivity contribution in [2.45, 2.75) is 30.4 Å². The van der Waals surface area contributed by atoms with Gasteiger partial charge in [-0.15, -0.1) is 11.8 Å². The van der Waals surface area contributed by atoms with Gasteiger partial charge >= 0.3 is 0 Å². The number of aromatic nitrogens is 1. The van der Waals surface area contributed by atoms with Gasteiger partial charge in [0.25, 0.3) is 0 Å². The van der Waals surface area contributed by atoms with Crippen molar-refractivity contribution in [2.75, 3.05) is 0 Å². The molecule has 0 amide bonds. The quantitative estimate of drug-likeness (QED) is 0.268. The fraction of sp³-hybridized carbons (Fsp3) is 0.200. The Labute approximate surface area is 144 Å². The highest BCUT2D eigenvalue weighted by atomic mass is 32.2. The Bertz CT molecular complexity index is 1090. The Morgan fingerprint density at radius 2 is 1.62 bits per heavy atom. The summed E-state index contributed by atoms with van der Waals surface area (Å²) in [6.45, 7) is 6.27. The number of hydrogen-bond acceptors (Lipinski definition) is 4. The molecule has 120 valence electrons. The van der Waals surface area contributed by atoms with E-state index in [4.69, 9.17) is 9.40 Å². The van der Waals surface area contributed by atoms with Crippen molar-refractivity contribution in [3.63, 3.8) is 0 Å². The average Bonchev–Trinajstić information content (AvgIpc) is 2.56. The molecule has 0 aromatic heterocycles. The van der Waals surface area contributed by atoms with E-state index in [-0.39, 0.29) is 10.2 Å². The lowest BCUT2D eigenvalue weighted by Crippen LogP contribution is -2.15. The third-order valence-electron chi connectivity index (χ3n) is 3.77. The van der Waals surface area contributed by atoms with Crippen molar-refractivity contribution in [1.29, 1.82) is 0 Å². The van der Waals surface area contributed by atoms with Crippen LogP contribution in [0.1, 0.15) is 20.8 Å². The van der Waals surface area contributed by atoms with Gasteiger partial charge in [-0.25, -0.2) is 4.98 Å². The third kappa shape index (κ3) is 2.47. The van der Waals surface area contributed by atoms with E-state index < -0.39 is 0 Å². The third-order valence-corrected chi connectivity index (χ3v) is 4.96. The van der Waals surface area contributed by atoms with Crippen LogP contribution in [0.2, 0.25) is 0 Å². The Morgan fingerprint density at radius 3 is 2.38 bits per heavy atom. The molecule has 0 saturated carbocycles. The maximum atomic E-state index is 13.0. The van der Waals surface area contributed by atoms with E-state index in [1.54, 1.807) is 0 Å². The SMILES string of the molecule is CC(C)(C)Sc1c2oc3ccccc3nc-2c2ccccc2c1=O. The van der Waals surface area contributed by atoms with Crippen molar-refractivity contribution in [1.82, 2.24) is 4.98 Å². The maximum absolute atomic E-state index is 13.0. The lowest BCUT2D eigenvalue weighted by molar-refractivity contribution is 0.601. The Morgan fingerprint density at radius 1 is 0.958 bits per heavy atom. The predicted molar refractivity (Wildman–Crippen MR) is 100 cm³/mol. The lowest BCUT2D eigenvalue weighted by atomic mass is 10.0. The molecule has 4 heteroatoms. The molecule has 0 atom stereocenters. The number of para-hydroxylation sites is 2. The average molecular weight is 335 g/mol. The largest absolute Gasteiger partial charge is 0.451 e. The molecular weight excluding hydrogens is 318 g/mol. The Kier molecular flexibility index (Phi) is 3.39. The Balaban J connectivity index is 2.21. The molecule has 0 bridgehead atoms. The first-order valence-corrected chi connectivity index (χ1v) is 8.69. The summed E-state index contributed by atoms with van der Waals surface area (Å²) in [6.07, 6.45) is 0. The van der Waals surface area contributed by atoms with E-state index in [0.29, 0.717) is 21.6 Å². The van der Waals surface area contributed by atoms with E-state index in [2.05, 4.69) is 20.8 Å². The molecule has 3 nitrogen and oxygen atoms in total. The Hall–Kier alpha value is -2.33. The molecular formula is C20H17NO2S. The molecule has 0 radical (unpaired) electrons. The van der Waals surface area contributed by atoms with Gasteiger partial charge < -0.3 is 4.42 Å². The molecule has 1 aliphatic heterocycles. The maximum Gasteiger partial charge on any atom is 0.203 e. The molecule has 2 aliphatic rings. The number of fused-ring (bicyclic) bond motifs is 4. The number of rotatable bonds is 1. The minimum Gasteiger partial charge on any atom is -0.451 e. The zero-order chi connectivity index (χ0) is 16.9. The van der Waals surface area contributed by atoms with Gasteiger partial charge in [0.15, 0.2) is 11.3 Å². The molecule has 4 rings (SSSR count). The van der Waals surface area contributed by atoms with Gasteiger partial charge in [-0.3, -0.25) is 4.79 Å². The van der Waals surface area contributed by atoms with E-state index in [9.17, 15) is 4.79 Å². The minimum absolute atomic E-state index is 0.0128. The lowest BCUT2D eigenvalue weighted by Gasteiger charge is -2.20. The summed E-state index contributed by atoms with van der Waals surface area (Å²) < 4.78 is 6.03. The number of nitrogens with zero attached hydrogens (tertiary/aromatic N) is 1. The summed E-state index contributed by atoms with van der Waals surface area (Å²) in [5.74, 6) is 0.581. The van der Waals surface area contributed by atoms with Crippen molar-refractivity contribution in [2.24, 2.45) is 0 Å². The number of thioether (sulfide) groups is 1. The van der Waals surface area contributed by atoms with Crippen LogP contribution in [-0.2, 0) is 0 Å². The smallest absolute Gasteiger partial charge is 0.203 e. The van der Waals surface area contributed by atoms with Crippen molar-refractivity contribution in [3.8, 4) is 11.5 Å². The summed E-state index contributed by atoms with van der Waals surface area (Å²) in [6, 6.07) is 15.3. The molecule has 0 N–H and O–H groups in total. The van der Waals surface area contributed by atoms with E-state index in [0.717, 1.165) is 16.6 Å². The second kappa shape index (κ2) is 5.35. The monoisotopic (exact) mass is 335 g/mol. The van der Waals surface area contributed by atoms with E-state index in [1.165, 1.54) is 11.8 Å². The van der Waals surface area contributed by atoms with Crippen molar-refractivity contribution in [3.05, 3.63) is 58.8 Å². The zero-order valence-corrected chi connectivity index (χ0v) is 14.6. The normalized spacial score (nSPS) is 12.3. The van der Waals surface area contributed by atoms with Crippen LogP contribution in [0.3, 0.4) is 0 Å². The number of benzene rings is 3. The fourth-order valence-electron chi connectivity index (χ4n) is 2.81. The molecule has 0 saturated heterocycles. The van der Waals surface area contributed by atoms with Crippen LogP contribution in [0.4, 0.5) is 0 Å². The van der Waals surface area contributed by atoms with E-state index in [1.807, 2.05) is 48.5 Å². The van der Waals surface area contributed by atoms with Crippen LogP contribution < -0.4 is 5.43 Å². The van der Waals surface area contributed by atoms with Crippen LogP contribution in [-0.4, -0.2) is 9.73 Å². The summed E-state index contributed by atoms with van der Waals surface area (Å²) in [5, 5.41) is 1.53. The zero-order valence-electron chi connectivity index (χ0n) is 13.8. The highest BCUT2D eigenvalue weighted by molar-refractivity contribution is 8.00. The van der Waals surface area contributed by atoms with Gasteiger partial charge in [0.2, 0.25) is 5.43 Å². The topological polar surface area (TPSA) is 43.1 Å². The molecule has 24 heavy (non-hydrogen) atoms. The fourth-order valence-corrected chi connectivity index (χ4v) is 3.86. The van der Waals surface area contributed by atoms with Gasteiger partial charge in [0.05, 0.1) is 0 Å². The summed E-state index contributed by atoms with van der Waals surface area (Å²) in [4.78, 5) is 18.5. The van der Waals surface area contributed by atoms with Crippen LogP contribution in [0, 0.1) is 0 Å². The standard InChI is InChI=1S/C20H17NO2S/c1-20(2,3)24-19-17(22)13-9-5-4-8-12(13)16-18(19)23-15-11-7-6-10-14(15)21-16/h4-11H,1-3H3. The molecule has 2 aromatic rings. The highest BCUT2D eigenvalue weighted by Crippen LogP contribution is 2.40. The summed E-state index contributed by atoms with van der Waals surface area (Å²) >= 11 is 1.53. The molecule has 0 spiro atoms. The van der Waals surface area contributed by atoms with Crippen LogP contribution in [0.25, 0.3) is 33.3 Å². The first-order valence-electron chi connectivity index (χ1n) is 7.87. The van der Waals surface area contributed by atoms with E-state index >= 15 is 0 Å². The van der Waals surface area contributed by atoms with Gasteiger partial charge in [-0.1, -0.05) is 57.2 Å². The predicted octanol–water partition coefficient (Wildman–Crippen LogP) is 5.34. The number of hydrogen-bond donors (Lipinski definition) is 0. The summed E-state index contributed by atoms with van der Waals surface area (Å²) in [5.41, 5.74) is 2.24. The molecule has 0 unspecified atom stereocenters. The first-order chi connectivity index (χ1) is 11.4. The van der Waals surface area contributed by atoms with Crippen molar-refractivity contribution >= 4 is 33.6 Å².